The largest absolute Gasteiger partial charge is 0.449 e. The molecule has 14 N–H and O–H groups in total. The number of alkyl halides is 6. The first-order valence-corrected chi connectivity index (χ1v) is 46.4. The molecule has 1 aliphatic heterocycles. The van der Waals surface area contributed by atoms with E-state index in [1.807, 2.05) is 94.7 Å². The number of aliphatic hydroxyl groups excluding tert-OH is 2. The van der Waals surface area contributed by atoms with Crippen molar-refractivity contribution in [1.82, 2.24) is 40.0 Å². The fourth-order valence-electron chi connectivity index (χ4n) is 19.1. The quantitative estimate of drug-likeness (QED) is 0.0189. The summed E-state index contributed by atoms with van der Waals surface area (Å²) in [4.78, 5) is 120. The zero-order valence-electron chi connectivity index (χ0n) is 76.3. The number of halogens is 6. The molecule has 1 saturated heterocycles. The number of ketones is 2. The zero-order chi connectivity index (χ0) is 97.0. The van der Waals surface area contributed by atoms with Gasteiger partial charge >= 0.3 is 36.7 Å². The highest BCUT2D eigenvalue weighted by Gasteiger charge is 2.64. The zero-order valence-corrected chi connectivity index (χ0v) is 76.3. The van der Waals surface area contributed by atoms with E-state index in [9.17, 15) is 80.0 Å². The van der Waals surface area contributed by atoms with Gasteiger partial charge in [0.25, 0.3) is 11.8 Å². The molecule has 7 aromatic rings. The third-order valence-corrected chi connectivity index (χ3v) is 27.8. The number of nitrogens with two attached hydrogens (primary N) is 5. The number of carbonyl (C=O) groups excluding carboxylic acids is 8. The van der Waals surface area contributed by atoms with E-state index < -0.39 is 83.3 Å². The molecule has 10 aliphatic rings. The molecule has 10 fully saturated rings. The van der Waals surface area contributed by atoms with Crippen molar-refractivity contribution >= 4 is 47.8 Å². The molecule has 2 unspecified atom stereocenters. The lowest BCUT2D eigenvalue weighted by Gasteiger charge is -2.43. The van der Waals surface area contributed by atoms with Gasteiger partial charge in [-0.3, -0.25) is 44.1 Å². The molecule has 135 heavy (non-hydrogen) atoms. The summed E-state index contributed by atoms with van der Waals surface area (Å²) in [5.41, 5.74) is 22.3. The third-order valence-electron chi connectivity index (χ3n) is 27.8. The molecule has 0 bridgehead atoms. The van der Waals surface area contributed by atoms with E-state index in [1.54, 1.807) is 37.1 Å². The molecule has 730 valence electrons. The summed E-state index contributed by atoms with van der Waals surface area (Å²) in [6.45, 7) is 1.48. The highest BCUT2D eigenvalue weighted by Crippen LogP contribution is 2.52. The average molecular weight is 1880 g/mol. The second-order valence-corrected chi connectivity index (χ2v) is 37.8. The van der Waals surface area contributed by atoms with Crippen LogP contribution in [-0.2, 0) is 76.3 Å². The molecule has 9 saturated carbocycles. The van der Waals surface area contributed by atoms with E-state index in [-0.39, 0.29) is 95.6 Å². The van der Waals surface area contributed by atoms with Gasteiger partial charge in [-0.15, -0.1) is 0 Å². The maximum atomic E-state index is 14.2. The van der Waals surface area contributed by atoms with Crippen molar-refractivity contribution in [3.05, 3.63) is 221 Å². The Kier molecular flexibility index (Phi) is 34.1. The Morgan fingerprint density at radius 2 is 0.733 bits per heavy atom. The van der Waals surface area contributed by atoms with Crippen LogP contribution in [-0.4, -0.2) is 204 Å². The van der Waals surface area contributed by atoms with Gasteiger partial charge in [0.15, 0.2) is 5.79 Å². The third kappa shape index (κ3) is 26.6. The molecule has 30 nitrogen and oxygen atoms in total. The number of carbonyl (C=O) groups is 8. The minimum atomic E-state index is -5.08. The molecule has 0 spiro atoms. The van der Waals surface area contributed by atoms with Crippen LogP contribution in [0.3, 0.4) is 0 Å². The number of rotatable bonds is 25. The molecule has 6 heterocycles. The number of ether oxygens (including phenoxy) is 6. The van der Waals surface area contributed by atoms with Crippen LogP contribution in [0.15, 0.2) is 171 Å². The first kappa shape index (κ1) is 103. The van der Waals surface area contributed by atoms with Gasteiger partial charge in [0.05, 0.1) is 19.8 Å². The maximum absolute atomic E-state index is 14.2. The standard InChI is InChI=1S/C29H34F3N3O5.C26H30F3N3O5.C16H23N3O2.C13H16N2O3.C12H15NO2.C3H7N/c1-26(2)39-18-28(40-26,29(30,31)32)20-8-6-19(7-9-20)24(36)35(21-10-11-21)22-12-14-27(15-13-22,17-38-25(33)37)23-5-3-4-16-34-23;27-26(28,29)25(36,15-33)18-6-4-17(5-7-18)22(34)32(19-8-9-19)20-10-12-24(13-11-20,16-37-23(30)35)21-3-1-2-14-31-21;17-15(20)21-11-16(14-3-1-2-10-18-14)8-6-13(7-9-16)19-12-4-5-12;14-12(17)18-9-13(6-4-10(16)5-7-13)11-3-1-2-8-15-11;14-9-12(6-4-10(15)5-7-12)11-3-1-2-8-13-11;4-3-1-2-3/h3-9,16,21-22H,10-15,17-18H2,1-2H3,(H2,33,37);1-7,14,19-20,33,36H,8-13,15-16H2,(H2,30,35);1-3,10,12-13,19H,4-9,11H2,(H2,17,20);1-3,8H,4-7,9H2,(H2,14,17);1-3,8,14H,4-7,9H2;3H,1-2,4H2. The summed E-state index contributed by atoms with van der Waals surface area (Å²) in [6, 6.07) is 40.4. The van der Waals surface area contributed by atoms with Crippen LogP contribution in [0.5, 0.6) is 0 Å². The monoisotopic (exact) mass is 1880 g/mol. The Morgan fingerprint density at radius 3 is 1.00 bits per heavy atom. The fraction of sp³-hybridized carbons (Fsp3) is 0.545. The number of hydrogen-bond acceptors (Lipinski definition) is 24. The van der Waals surface area contributed by atoms with E-state index in [1.165, 1.54) is 75.9 Å². The van der Waals surface area contributed by atoms with Gasteiger partial charge < -0.3 is 87.5 Å². The summed E-state index contributed by atoms with van der Waals surface area (Å²) in [5.74, 6) is -1.34. The number of pyridine rings is 5. The highest BCUT2D eigenvalue weighted by molar-refractivity contribution is 5.95. The summed E-state index contributed by atoms with van der Waals surface area (Å²) >= 11 is 0. The van der Waals surface area contributed by atoms with Crippen LogP contribution < -0.4 is 34.0 Å². The summed E-state index contributed by atoms with van der Waals surface area (Å²) in [6.07, 6.45) is 18.3. The Balaban J connectivity index is 0.000000157. The average Bonchev–Trinajstić information content (AvgIpc) is 1.57. The van der Waals surface area contributed by atoms with E-state index in [0.29, 0.717) is 120 Å². The minimum absolute atomic E-state index is 0.0472. The first-order valence-electron chi connectivity index (χ1n) is 46.4. The predicted octanol–water partition coefficient (Wildman–Crippen LogP) is 13.8. The molecule has 0 radical (unpaired) electrons. The van der Waals surface area contributed by atoms with Gasteiger partial charge in [-0.05, 0) is 264 Å². The molecule has 5 aromatic heterocycles. The molecular weight excluding hydrogens is 1760 g/mol. The van der Waals surface area contributed by atoms with E-state index in [4.69, 9.17) is 57.1 Å². The van der Waals surface area contributed by atoms with E-state index in [0.717, 1.165) is 111 Å². The number of benzene rings is 2. The van der Waals surface area contributed by atoms with Crippen LogP contribution in [0.4, 0.5) is 45.5 Å². The predicted molar refractivity (Wildman–Crippen MR) is 483 cm³/mol. The fourth-order valence-corrected chi connectivity index (χ4v) is 19.1. The van der Waals surface area contributed by atoms with Crippen molar-refractivity contribution in [2.45, 2.75) is 292 Å². The number of hydrogen-bond donors (Lipinski definition) is 9. The highest BCUT2D eigenvalue weighted by atomic mass is 19.4. The molecule has 6 amide bonds. The molecule has 2 atom stereocenters. The summed E-state index contributed by atoms with van der Waals surface area (Å²) < 4.78 is 114. The Morgan fingerprint density at radius 1 is 0.430 bits per heavy atom. The van der Waals surface area contributed by atoms with Crippen molar-refractivity contribution in [3.8, 4) is 0 Å². The Hall–Kier alpha value is -11.2. The van der Waals surface area contributed by atoms with Crippen molar-refractivity contribution in [1.29, 1.82) is 0 Å². The molecule has 17 rings (SSSR count). The first-order chi connectivity index (χ1) is 64.3. The molecule has 9 aliphatic carbocycles. The maximum Gasteiger partial charge on any atom is 0.424 e. The van der Waals surface area contributed by atoms with Crippen LogP contribution in [0.25, 0.3) is 0 Å². The van der Waals surface area contributed by atoms with Crippen molar-refractivity contribution < 1.29 is 108 Å². The van der Waals surface area contributed by atoms with Crippen LogP contribution in [0.2, 0.25) is 0 Å². The van der Waals surface area contributed by atoms with Crippen LogP contribution in [0.1, 0.15) is 254 Å². The lowest BCUT2D eigenvalue weighted by atomic mass is 9.70. The molecule has 36 heteroatoms. The Bertz CT molecular complexity index is 5050. The minimum Gasteiger partial charge on any atom is -0.449 e. The van der Waals surface area contributed by atoms with Gasteiger partial charge in [-0.2, -0.15) is 26.3 Å². The van der Waals surface area contributed by atoms with Crippen molar-refractivity contribution in [3.63, 3.8) is 0 Å². The second kappa shape index (κ2) is 44.8. The molecular formula is C99H125F6N13O17. The number of aromatic nitrogens is 5. The van der Waals surface area contributed by atoms with Gasteiger partial charge in [0.2, 0.25) is 11.2 Å². The number of aliphatic hydroxyl groups is 3. The topological polar surface area (TPSA) is 466 Å². The van der Waals surface area contributed by atoms with Crippen LogP contribution >= 0.6 is 0 Å². The van der Waals surface area contributed by atoms with Crippen molar-refractivity contribution in [2.24, 2.45) is 28.7 Å². The number of primary amides is 4. The normalized spacial score (nSPS) is 24.8. The number of amides is 6. The lowest BCUT2D eigenvalue weighted by Crippen LogP contribution is -2.48. The number of Topliss-reactive ketones (excluding diaryl/α,β-unsaturated/α-hetero) is 2. The van der Waals surface area contributed by atoms with Gasteiger partial charge in [0, 0.05) is 166 Å². The SMILES string of the molecule is CC1(C)OCC(c2ccc(C(=O)N(C3CC3)C3CCC(COC(N)=O)(c4ccccn4)CC3)cc2)(C(F)(F)F)O1.NC(=O)OCC1(c2ccccn2)CCC(=O)CC1.NC(=O)OCC1(c2ccccn2)CCC(N(C(=O)c2ccc(C(O)(CO)C(F)(F)F)cc2)C2CC2)CC1.NC(=O)OCC1(c2ccccn2)CCC(NC2CC2)CC1.NC1CC1.O=C1CCC(CO)(c2ccccn2)CC1. The van der Waals surface area contributed by atoms with E-state index >= 15 is 0 Å². The lowest BCUT2D eigenvalue weighted by molar-refractivity contribution is -0.289. The van der Waals surface area contributed by atoms with Gasteiger partial charge in [-0.1, -0.05) is 54.6 Å². The Labute approximate surface area is 781 Å². The molecule has 2 aromatic carbocycles. The van der Waals surface area contributed by atoms with E-state index in [2.05, 4.69) is 30.2 Å². The van der Waals surface area contributed by atoms with Crippen molar-refractivity contribution in [2.75, 3.05) is 46.2 Å². The smallest absolute Gasteiger partial charge is 0.424 e. The summed E-state index contributed by atoms with van der Waals surface area (Å²) in [7, 11) is 0. The summed E-state index contributed by atoms with van der Waals surface area (Å²) in [5, 5.41) is 32.4. The van der Waals surface area contributed by atoms with Gasteiger partial charge in [0.1, 0.15) is 38.0 Å². The number of nitrogens with zero attached hydrogens (tertiary/aromatic N) is 7. The second-order valence-electron chi connectivity index (χ2n) is 37.8. The van der Waals surface area contributed by atoms with Crippen LogP contribution in [0, 0.1) is 0 Å². The van der Waals surface area contributed by atoms with Gasteiger partial charge in [-0.25, -0.2) is 19.2 Å². The number of nitrogens with one attached hydrogen (secondary N) is 1.